The molecule has 32 heavy (non-hydrogen) atoms. The first kappa shape index (κ1) is 21.6. The van der Waals surface area contributed by atoms with Crippen LogP contribution in [0.5, 0.6) is 5.75 Å². The topological polar surface area (TPSA) is 26.3 Å². The van der Waals surface area contributed by atoms with Crippen molar-refractivity contribution in [3.63, 3.8) is 0 Å². The third kappa shape index (κ3) is 5.15. The number of hydrogen-bond donors (Lipinski definition) is 0. The summed E-state index contributed by atoms with van der Waals surface area (Å²) >= 11 is 0. The molecule has 0 aliphatic carbocycles. The Balaban J connectivity index is 1.74. The molecule has 0 N–H and O–H groups in total. The molecular formula is C30H28O2. The Morgan fingerprint density at radius 3 is 1.59 bits per heavy atom. The van der Waals surface area contributed by atoms with Crippen LogP contribution in [0, 0.1) is 0 Å². The number of carbonyl (C=O) groups excluding carboxylic acids is 1. The van der Waals surface area contributed by atoms with Gasteiger partial charge in [0.05, 0.1) is 5.92 Å². The van der Waals surface area contributed by atoms with Gasteiger partial charge < -0.3 is 4.74 Å². The minimum atomic E-state index is -0.476. The van der Waals surface area contributed by atoms with Gasteiger partial charge in [0.15, 0.2) is 0 Å². The first-order chi connectivity index (χ1) is 15.8. The van der Waals surface area contributed by atoms with Gasteiger partial charge in [0, 0.05) is 5.92 Å². The predicted octanol–water partition coefficient (Wildman–Crippen LogP) is 7.16. The average molecular weight is 421 g/mol. The Morgan fingerprint density at radius 2 is 1.12 bits per heavy atom. The predicted molar refractivity (Wildman–Crippen MR) is 130 cm³/mol. The van der Waals surface area contributed by atoms with E-state index in [1.165, 1.54) is 5.56 Å². The lowest BCUT2D eigenvalue weighted by molar-refractivity contribution is -0.136. The number of aryl methyl sites for hydroxylation is 1. The molecule has 0 saturated heterocycles. The molecule has 160 valence electrons. The molecule has 0 radical (unpaired) electrons. The Labute approximate surface area is 190 Å². The van der Waals surface area contributed by atoms with Crippen molar-refractivity contribution in [1.29, 1.82) is 0 Å². The van der Waals surface area contributed by atoms with E-state index in [4.69, 9.17) is 4.74 Å². The highest BCUT2D eigenvalue weighted by Gasteiger charge is 2.34. The quantitative estimate of drug-likeness (QED) is 0.223. The molecule has 0 heterocycles. The third-order valence-electron chi connectivity index (χ3n) is 5.74. The van der Waals surface area contributed by atoms with Gasteiger partial charge in [-0.1, -0.05) is 116 Å². The molecule has 1 atom stereocenters. The maximum Gasteiger partial charge on any atom is 0.319 e. The highest BCUT2D eigenvalue weighted by molar-refractivity contribution is 5.82. The van der Waals surface area contributed by atoms with Crippen molar-refractivity contribution in [3.05, 3.63) is 138 Å². The minimum absolute atomic E-state index is 0.160. The van der Waals surface area contributed by atoms with E-state index in [9.17, 15) is 4.79 Å². The average Bonchev–Trinajstić information content (AvgIpc) is 2.85. The van der Waals surface area contributed by atoms with Crippen LogP contribution in [0.15, 0.2) is 115 Å². The Bertz CT molecular complexity index is 1060. The molecule has 0 aliphatic heterocycles. The van der Waals surface area contributed by atoms with Gasteiger partial charge in [-0.15, -0.1) is 0 Å². The van der Waals surface area contributed by atoms with Crippen LogP contribution in [-0.2, 0) is 11.2 Å². The number of ether oxygens (including phenoxy) is 1. The van der Waals surface area contributed by atoms with Crippen molar-refractivity contribution in [2.75, 3.05) is 0 Å². The third-order valence-corrected chi connectivity index (χ3v) is 5.74. The molecular weight excluding hydrogens is 392 g/mol. The van der Waals surface area contributed by atoms with Gasteiger partial charge in [0.2, 0.25) is 0 Å². The van der Waals surface area contributed by atoms with E-state index in [0.717, 1.165) is 29.5 Å². The number of benzene rings is 4. The van der Waals surface area contributed by atoms with E-state index in [-0.39, 0.29) is 11.9 Å². The van der Waals surface area contributed by atoms with Crippen LogP contribution >= 0.6 is 0 Å². The first-order valence-electron chi connectivity index (χ1n) is 11.2. The van der Waals surface area contributed by atoms with Crippen LogP contribution in [0.25, 0.3) is 0 Å². The monoisotopic (exact) mass is 420 g/mol. The zero-order valence-electron chi connectivity index (χ0n) is 18.4. The van der Waals surface area contributed by atoms with E-state index in [2.05, 4.69) is 31.2 Å². The zero-order valence-corrected chi connectivity index (χ0v) is 18.4. The Kier molecular flexibility index (Phi) is 7.14. The number of carbonyl (C=O) groups is 1. The van der Waals surface area contributed by atoms with Crippen LogP contribution in [-0.4, -0.2) is 5.97 Å². The van der Waals surface area contributed by atoms with Gasteiger partial charge in [-0.2, -0.15) is 0 Å². The number of esters is 1. The Morgan fingerprint density at radius 1 is 0.656 bits per heavy atom. The van der Waals surface area contributed by atoms with Gasteiger partial charge in [0.25, 0.3) is 0 Å². The molecule has 4 aromatic rings. The summed E-state index contributed by atoms with van der Waals surface area (Å²) in [6.07, 6.45) is 2.11. The van der Waals surface area contributed by atoms with Gasteiger partial charge in [-0.25, -0.2) is 0 Å². The van der Waals surface area contributed by atoms with Crippen molar-refractivity contribution in [2.24, 2.45) is 0 Å². The lowest BCUT2D eigenvalue weighted by atomic mass is 9.77. The summed E-state index contributed by atoms with van der Waals surface area (Å²) in [7, 11) is 0. The molecule has 0 aromatic heterocycles. The SMILES string of the molecule is CCCc1ccc(OC(=O)C(c2ccccc2)C(c2ccccc2)c2ccccc2)cc1. The summed E-state index contributed by atoms with van der Waals surface area (Å²) in [6, 6.07) is 38.2. The van der Waals surface area contributed by atoms with Gasteiger partial charge in [-0.3, -0.25) is 4.79 Å². The second-order valence-corrected chi connectivity index (χ2v) is 8.00. The summed E-state index contributed by atoms with van der Waals surface area (Å²) in [5.74, 6) is -0.309. The second-order valence-electron chi connectivity index (χ2n) is 8.00. The molecule has 1 unspecified atom stereocenters. The molecule has 4 rings (SSSR count). The van der Waals surface area contributed by atoms with Gasteiger partial charge >= 0.3 is 5.97 Å². The van der Waals surface area contributed by atoms with Crippen LogP contribution in [0.3, 0.4) is 0 Å². The van der Waals surface area contributed by atoms with E-state index < -0.39 is 5.92 Å². The van der Waals surface area contributed by atoms with Crippen LogP contribution in [0.4, 0.5) is 0 Å². The lowest BCUT2D eigenvalue weighted by Crippen LogP contribution is -2.26. The van der Waals surface area contributed by atoms with Crippen LogP contribution < -0.4 is 4.74 Å². The molecule has 0 fully saturated rings. The maximum absolute atomic E-state index is 13.7. The molecule has 0 amide bonds. The lowest BCUT2D eigenvalue weighted by Gasteiger charge is -2.27. The van der Waals surface area contributed by atoms with E-state index in [0.29, 0.717) is 5.75 Å². The summed E-state index contributed by atoms with van der Waals surface area (Å²) in [6.45, 7) is 2.16. The summed E-state index contributed by atoms with van der Waals surface area (Å²) in [5, 5.41) is 0. The smallest absolute Gasteiger partial charge is 0.319 e. The summed E-state index contributed by atoms with van der Waals surface area (Å²) < 4.78 is 5.95. The molecule has 2 heteroatoms. The molecule has 0 spiro atoms. The van der Waals surface area contributed by atoms with Gasteiger partial charge in [-0.05, 0) is 40.8 Å². The fraction of sp³-hybridized carbons (Fsp3) is 0.167. The van der Waals surface area contributed by atoms with Crippen LogP contribution in [0.1, 0.15) is 47.4 Å². The molecule has 4 aromatic carbocycles. The first-order valence-corrected chi connectivity index (χ1v) is 11.2. The minimum Gasteiger partial charge on any atom is -0.426 e. The van der Waals surface area contributed by atoms with Crippen molar-refractivity contribution >= 4 is 5.97 Å². The van der Waals surface area contributed by atoms with Crippen molar-refractivity contribution in [2.45, 2.75) is 31.6 Å². The molecule has 0 aliphatic rings. The largest absolute Gasteiger partial charge is 0.426 e. The summed E-state index contributed by atoms with van der Waals surface area (Å²) in [4.78, 5) is 13.7. The van der Waals surface area contributed by atoms with E-state index in [1.54, 1.807) is 0 Å². The fourth-order valence-corrected chi connectivity index (χ4v) is 4.22. The van der Waals surface area contributed by atoms with Crippen molar-refractivity contribution in [1.82, 2.24) is 0 Å². The number of rotatable bonds is 8. The van der Waals surface area contributed by atoms with E-state index >= 15 is 0 Å². The van der Waals surface area contributed by atoms with Crippen molar-refractivity contribution < 1.29 is 9.53 Å². The second kappa shape index (κ2) is 10.6. The summed E-state index contributed by atoms with van der Waals surface area (Å²) in [5.41, 5.74) is 4.36. The Hall–Kier alpha value is -3.65. The van der Waals surface area contributed by atoms with Gasteiger partial charge in [0.1, 0.15) is 5.75 Å². The van der Waals surface area contributed by atoms with Crippen molar-refractivity contribution in [3.8, 4) is 5.75 Å². The van der Waals surface area contributed by atoms with E-state index in [1.807, 2.05) is 91.0 Å². The highest BCUT2D eigenvalue weighted by Crippen LogP contribution is 2.39. The molecule has 0 bridgehead atoms. The number of hydrogen-bond acceptors (Lipinski definition) is 2. The fourth-order valence-electron chi connectivity index (χ4n) is 4.22. The maximum atomic E-state index is 13.7. The zero-order chi connectivity index (χ0) is 22.2. The molecule has 2 nitrogen and oxygen atoms in total. The highest BCUT2D eigenvalue weighted by atomic mass is 16.5. The standard InChI is InChI=1S/C30H28O2/c1-2-12-23-19-21-27(22-20-23)32-30(31)29(26-17-10-5-11-18-26)28(24-13-6-3-7-14-24)25-15-8-4-9-16-25/h3-11,13-22,28-29H,2,12H2,1H3. The van der Waals surface area contributed by atoms with Crippen LogP contribution in [0.2, 0.25) is 0 Å². The molecule has 0 saturated carbocycles. The normalized spacial score (nSPS) is 11.8.